The number of aromatic amines is 1. The van der Waals surface area contributed by atoms with Gasteiger partial charge < -0.3 is 15.3 Å². The van der Waals surface area contributed by atoms with Crippen molar-refractivity contribution in [1.29, 1.82) is 0 Å². The fourth-order valence-electron chi connectivity index (χ4n) is 3.18. The zero-order valence-corrected chi connectivity index (χ0v) is 14.6. The second kappa shape index (κ2) is 7.18. The van der Waals surface area contributed by atoms with E-state index in [0.717, 1.165) is 22.8 Å². The normalized spacial score (nSPS) is 20.0. The van der Waals surface area contributed by atoms with Crippen LogP contribution in [-0.2, 0) is 11.2 Å². The van der Waals surface area contributed by atoms with Crippen LogP contribution in [0.3, 0.4) is 0 Å². The van der Waals surface area contributed by atoms with Gasteiger partial charge in [0.25, 0.3) is 0 Å². The summed E-state index contributed by atoms with van der Waals surface area (Å²) in [5.74, 6) is 0.682. The number of aliphatic hydroxyl groups is 1. The number of aromatic nitrogens is 4. The summed E-state index contributed by atoms with van der Waals surface area (Å²) < 4.78 is 0. The van der Waals surface area contributed by atoms with E-state index in [1.54, 1.807) is 18.6 Å². The van der Waals surface area contributed by atoms with Gasteiger partial charge in [-0.25, -0.2) is 4.98 Å². The van der Waals surface area contributed by atoms with E-state index in [2.05, 4.69) is 25.5 Å². The monoisotopic (exact) mass is 344 g/mol. The highest BCUT2D eigenvalue weighted by Crippen LogP contribution is 2.24. The zero-order chi connectivity index (χ0) is 17.9. The highest BCUT2D eigenvalue weighted by atomic mass is 16.3. The fourth-order valence-corrected chi connectivity index (χ4v) is 3.18. The summed E-state index contributed by atoms with van der Waals surface area (Å²) in [6, 6.07) is 0. The number of nitrogens with zero attached hydrogens (tertiary/aromatic N) is 4. The van der Waals surface area contributed by atoms with E-state index in [0.29, 0.717) is 32.4 Å². The van der Waals surface area contributed by atoms with E-state index >= 15 is 0 Å². The van der Waals surface area contributed by atoms with Gasteiger partial charge in [0.15, 0.2) is 0 Å². The van der Waals surface area contributed by atoms with E-state index in [9.17, 15) is 9.90 Å². The smallest absolute Gasteiger partial charge is 0.220 e. The van der Waals surface area contributed by atoms with Crippen molar-refractivity contribution < 1.29 is 9.90 Å². The number of β-amino-alcohol motifs (C(OH)–C–C–N with tert-alkyl or cyclic N) is 1. The number of anilines is 1. The van der Waals surface area contributed by atoms with Crippen LogP contribution in [0.1, 0.15) is 29.8 Å². The highest BCUT2D eigenvalue weighted by Gasteiger charge is 2.36. The molecule has 0 aliphatic carbocycles. The molecule has 25 heavy (non-hydrogen) atoms. The summed E-state index contributed by atoms with van der Waals surface area (Å²) in [7, 11) is 0. The summed E-state index contributed by atoms with van der Waals surface area (Å²) >= 11 is 0. The summed E-state index contributed by atoms with van der Waals surface area (Å²) in [6.45, 7) is 5.25. The average molecular weight is 344 g/mol. The molecule has 8 heteroatoms. The molecule has 3 rings (SSSR count). The van der Waals surface area contributed by atoms with Gasteiger partial charge in [0.1, 0.15) is 11.4 Å². The van der Waals surface area contributed by atoms with Gasteiger partial charge in [0, 0.05) is 44.1 Å². The Balaban J connectivity index is 1.47. The Morgan fingerprint density at radius 2 is 2.28 bits per heavy atom. The number of amides is 1. The number of hydrogen-bond donors (Lipinski definition) is 3. The molecular weight excluding hydrogens is 320 g/mol. The number of hydrogen-bond acceptors (Lipinski definition) is 6. The SMILES string of the molecule is Cc1n[nH]c(C)c1CCC(=O)NCC1(O)CCN(c2cnccn2)C1. The van der Waals surface area contributed by atoms with Gasteiger partial charge in [-0.05, 0) is 32.3 Å². The maximum atomic E-state index is 12.1. The maximum absolute atomic E-state index is 12.1. The number of rotatable bonds is 6. The molecule has 2 aromatic heterocycles. The van der Waals surface area contributed by atoms with Crippen LogP contribution >= 0.6 is 0 Å². The first kappa shape index (κ1) is 17.3. The van der Waals surface area contributed by atoms with Crippen molar-refractivity contribution in [1.82, 2.24) is 25.5 Å². The molecule has 134 valence electrons. The van der Waals surface area contributed by atoms with Crippen molar-refractivity contribution in [3.8, 4) is 0 Å². The van der Waals surface area contributed by atoms with Gasteiger partial charge in [-0.3, -0.25) is 14.9 Å². The molecule has 2 aromatic rings. The van der Waals surface area contributed by atoms with Crippen molar-refractivity contribution in [2.45, 2.75) is 38.7 Å². The molecule has 0 saturated carbocycles. The lowest BCUT2D eigenvalue weighted by atomic mass is 10.0. The average Bonchev–Trinajstić information content (AvgIpc) is 3.16. The van der Waals surface area contributed by atoms with Crippen molar-refractivity contribution in [2.75, 3.05) is 24.5 Å². The quantitative estimate of drug-likeness (QED) is 0.705. The largest absolute Gasteiger partial charge is 0.386 e. The predicted octanol–water partition coefficient (Wildman–Crippen LogP) is 0.507. The standard InChI is InChI=1S/C17H24N6O2/c1-12-14(13(2)22-21-12)3-4-16(24)20-10-17(25)5-8-23(11-17)15-9-18-6-7-19-15/h6-7,9,25H,3-5,8,10-11H2,1-2H3,(H,20,24)(H,21,22). The Hall–Kier alpha value is -2.48. The first-order chi connectivity index (χ1) is 12.0. The Morgan fingerprint density at radius 3 is 2.96 bits per heavy atom. The second-order valence-electron chi connectivity index (χ2n) is 6.65. The lowest BCUT2D eigenvalue weighted by Crippen LogP contribution is -2.45. The summed E-state index contributed by atoms with van der Waals surface area (Å²) in [6.07, 6.45) is 6.54. The molecule has 8 nitrogen and oxygen atoms in total. The first-order valence-electron chi connectivity index (χ1n) is 8.47. The molecule has 3 N–H and O–H groups in total. The van der Waals surface area contributed by atoms with Gasteiger partial charge in [-0.15, -0.1) is 0 Å². The van der Waals surface area contributed by atoms with E-state index < -0.39 is 5.60 Å². The summed E-state index contributed by atoms with van der Waals surface area (Å²) in [4.78, 5) is 22.4. The van der Waals surface area contributed by atoms with Crippen LogP contribution in [0.15, 0.2) is 18.6 Å². The minimum Gasteiger partial charge on any atom is -0.386 e. The van der Waals surface area contributed by atoms with Crippen LogP contribution < -0.4 is 10.2 Å². The summed E-state index contributed by atoms with van der Waals surface area (Å²) in [5, 5.41) is 20.6. The second-order valence-corrected chi connectivity index (χ2v) is 6.65. The molecule has 1 unspecified atom stereocenters. The Labute approximate surface area is 146 Å². The van der Waals surface area contributed by atoms with Gasteiger partial charge >= 0.3 is 0 Å². The molecule has 0 aromatic carbocycles. The highest BCUT2D eigenvalue weighted by molar-refractivity contribution is 5.76. The van der Waals surface area contributed by atoms with E-state index in [1.807, 2.05) is 18.7 Å². The molecule has 1 aliphatic heterocycles. The lowest BCUT2D eigenvalue weighted by Gasteiger charge is -2.24. The zero-order valence-electron chi connectivity index (χ0n) is 14.6. The molecule has 1 saturated heterocycles. The third-order valence-corrected chi connectivity index (χ3v) is 4.70. The van der Waals surface area contributed by atoms with Crippen LogP contribution in [0.4, 0.5) is 5.82 Å². The molecule has 1 amide bonds. The Bertz CT molecular complexity index is 712. The third-order valence-electron chi connectivity index (χ3n) is 4.70. The molecule has 3 heterocycles. The Morgan fingerprint density at radius 1 is 1.44 bits per heavy atom. The number of aryl methyl sites for hydroxylation is 2. The molecule has 1 fully saturated rings. The Kier molecular flexibility index (Phi) is 4.98. The predicted molar refractivity (Wildman–Crippen MR) is 93.2 cm³/mol. The molecule has 0 bridgehead atoms. The minimum atomic E-state index is -0.936. The molecule has 1 aliphatic rings. The maximum Gasteiger partial charge on any atom is 0.220 e. The lowest BCUT2D eigenvalue weighted by molar-refractivity contribution is -0.122. The number of nitrogens with one attached hydrogen (secondary N) is 2. The number of H-pyrrole nitrogens is 1. The third kappa shape index (κ3) is 4.14. The molecule has 1 atom stereocenters. The fraction of sp³-hybridized carbons (Fsp3) is 0.529. The molecule has 0 radical (unpaired) electrons. The van der Waals surface area contributed by atoms with E-state index in [1.165, 1.54) is 0 Å². The van der Waals surface area contributed by atoms with Crippen molar-refractivity contribution in [3.05, 3.63) is 35.5 Å². The van der Waals surface area contributed by atoms with E-state index in [4.69, 9.17) is 0 Å². The van der Waals surface area contributed by atoms with Gasteiger partial charge in [-0.2, -0.15) is 5.10 Å². The van der Waals surface area contributed by atoms with Crippen LogP contribution in [0, 0.1) is 13.8 Å². The van der Waals surface area contributed by atoms with Gasteiger partial charge in [0.05, 0.1) is 11.9 Å². The topological polar surface area (TPSA) is 107 Å². The van der Waals surface area contributed by atoms with Crippen LogP contribution in [0.2, 0.25) is 0 Å². The van der Waals surface area contributed by atoms with Crippen LogP contribution in [-0.4, -0.2) is 56.4 Å². The number of carbonyl (C=O) groups excluding carboxylic acids is 1. The van der Waals surface area contributed by atoms with Crippen molar-refractivity contribution in [2.24, 2.45) is 0 Å². The van der Waals surface area contributed by atoms with Gasteiger partial charge in [0.2, 0.25) is 5.91 Å². The minimum absolute atomic E-state index is 0.0635. The van der Waals surface area contributed by atoms with Crippen molar-refractivity contribution in [3.63, 3.8) is 0 Å². The molecule has 0 spiro atoms. The number of carbonyl (C=O) groups is 1. The summed E-state index contributed by atoms with van der Waals surface area (Å²) in [5.41, 5.74) is 2.08. The van der Waals surface area contributed by atoms with Crippen LogP contribution in [0.5, 0.6) is 0 Å². The van der Waals surface area contributed by atoms with E-state index in [-0.39, 0.29) is 12.5 Å². The molecular formula is C17H24N6O2. The first-order valence-corrected chi connectivity index (χ1v) is 8.47. The van der Waals surface area contributed by atoms with Gasteiger partial charge in [-0.1, -0.05) is 0 Å². The van der Waals surface area contributed by atoms with Crippen molar-refractivity contribution >= 4 is 11.7 Å². The van der Waals surface area contributed by atoms with Crippen LogP contribution in [0.25, 0.3) is 0 Å².